The van der Waals surface area contributed by atoms with Crippen molar-refractivity contribution in [2.75, 3.05) is 0 Å². The van der Waals surface area contributed by atoms with Crippen LogP contribution in [0.25, 0.3) is 0 Å². The molecule has 0 N–H and O–H groups in total. The van der Waals surface area contributed by atoms with Crippen LogP contribution in [0.5, 0.6) is 0 Å². The molecule has 2 rings (SSSR count). The molecule has 4 nitrogen and oxygen atoms in total. The fourth-order valence-electron chi connectivity index (χ4n) is 1.56. The van der Waals surface area contributed by atoms with Gasteiger partial charge in [0.05, 0.1) is 18.9 Å². The van der Waals surface area contributed by atoms with Gasteiger partial charge in [-0.15, -0.1) is 0 Å². The van der Waals surface area contributed by atoms with Gasteiger partial charge in [0.2, 0.25) is 0 Å². The van der Waals surface area contributed by atoms with Crippen molar-refractivity contribution in [3.05, 3.63) is 30.3 Å². The number of carbonyl (C=O) groups excluding carboxylic acids is 2. The van der Waals surface area contributed by atoms with Crippen LogP contribution in [0.15, 0.2) is 30.3 Å². The van der Waals surface area contributed by atoms with E-state index in [2.05, 4.69) is 4.74 Å². The zero-order chi connectivity index (χ0) is 11.4. The van der Waals surface area contributed by atoms with Gasteiger partial charge in [0, 0.05) is 0 Å². The van der Waals surface area contributed by atoms with Gasteiger partial charge in [0.1, 0.15) is 0 Å². The lowest BCUT2D eigenvalue weighted by molar-refractivity contribution is -0.166. The summed E-state index contributed by atoms with van der Waals surface area (Å²) in [5.74, 6) is -0.966. The minimum atomic E-state index is -0.862. The Morgan fingerprint density at radius 2 is 1.75 bits per heavy atom. The lowest BCUT2D eigenvalue weighted by atomic mass is 10.1. The van der Waals surface area contributed by atoms with Gasteiger partial charge >= 0.3 is 11.9 Å². The number of hydrogen-bond acceptors (Lipinski definition) is 4. The van der Waals surface area contributed by atoms with E-state index in [1.165, 1.54) is 0 Å². The summed E-state index contributed by atoms with van der Waals surface area (Å²) < 4.78 is 10.1. The highest BCUT2D eigenvalue weighted by Gasteiger charge is 2.27. The molecule has 16 heavy (non-hydrogen) atoms. The summed E-state index contributed by atoms with van der Waals surface area (Å²) >= 11 is 0. The van der Waals surface area contributed by atoms with E-state index >= 15 is 0 Å². The number of ether oxygens (including phenoxy) is 1. The van der Waals surface area contributed by atoms with Crippen molar-refractivity contribution >= 4 is 26.9 Å². The Hall–Kier alpha value is -1.46. The van der Waals surface area contributed by atoms with Crippen molar-refractivity contribution in [1.82, 2.24) is 0 Å². The smallest absolute Gasteiger partial charge is 0.316 e. The largest absolute Gasteiger partial charge is 0.414 e. The second-order valence-corrected chi connectivity index (χ2v) is 5.11. The molecule has 1 saturated heterocycles. The Morgan fingerprint density at radius 1 is 1.12 bits per heavy atom. The SMILES string of the molecule is O=C1CC(O[SiH2]c2ccccc2)CC(=O)O1. The minimum absolute atomic E-state index is 0.186. The monoisotopic (exact) mass is 236 g/mol. The molecule has 0 atom stereocenters. The highest BCUT2D eigenvalue weighted by Crippen LogP contribution is 2.12. The number of hydrogen-bond donors (Lipinski definition) is 0. The van der Waals surface area contributed by atoms with Crippen LogP contribution in [0.4, 0.5) is 0 Å². The van der Waals surface area contributed by atoms with Gasteiger partial charge < -0.3 is 9.16 Å². The van der Waals surface area contributed by atoms with Crippen molar-refractivity contribution in [3.63, 3.8) is 0 Å². The summed E-state index contributed by atoms with van der Waals surface area (Å²) in [5.41, 5.74) is 0. The van der Waals surface area contributed by atoms with Crippen molar-refractivity contribution in [2.45, 2.75) is 18.9 Å². The molecule has 0 spiro atoms. The van der Waals surface area contributed by atoms with Crippen LogP contribution in [0.3, 0.4) is 0 Å². The Labute approximate surface area is 95.5 Å². The molecular weight excluding hydrogens is 224 g/mol. The van der Waals surface area contributed by atoms with E-state index in [9.17, 15) is 9.59 Å². The highest BCUT2D eigenvalue weighted by atomic mass is 28.2. The van der Waals surface area contributed by atoms with Crippen LogP contribution in [-0.4, -0.2) is 27.8 Å². The fourth-order valence-corrected chi connectivity index (χ4v) is 2.69. The average molecular weight is 236 g/mol. The van der Waals surface area contributed by atoms with Crippen LogP contribution in [0.2, 0.25) is 0 Å². The van der Waals surface area contributed by atoms with Gasteiger partial charge in [-0.3, -0.25) is 9.59 Å². The first kappa shape index (κ1) is 11.0. The van der Waals surface area contributed by atoms with Crippen molar-refractivity contribution in [1.29, 1.82) is 0 Å². The summed E-state index contributed by atoms with van der Waals surface area (Å²) in [6.45, 7) is 0. The predicted octanol–water partition coefficient (Wildman–Crippen LogP) is -0.356. The van der Waals surface area contributed by atoms with E-state index < -0.39 is 21.7 Å². The second kappa shape index (κ2) is 5.04. The molecule has 0 unspecified atom stereocenters. The molecule has 0 bridgehead atoms. The molecule has 1 aromatic carbocycles. The Bertz CT molecular complexity index is 374. The zero-order valence-electron chi connectivity index (χ0n) is 8.72. The summed E-state index contributed by atoms with van der Waals surface area (Å²) in [6.07, 6.45) is 0.0811. The van der Waals surface area contributed by atoms with Crippen LogP contribution < -0.4 is 5.19 Å². The molecule has 0 saturated carbocycles. The number of esters is 2. The standard InChI is InChI=1S/C11H12O4Si/c12-10-6-8(7-11(13)14-10)15-16-9-4-2-1-3-5-9/h1-5,8H,6-7,16H2. The predicted molar refractivity (Wildman–Crippen MR) is 59.8 cm³/mol. The number of benzene rings is 1. The maximum absolute atomic E-state index is 11.0. The average Bonchev–Trinajstić information content (AvgIpc) is 2.27. The third-order valence-electron chi connectivity index (χ3n) is 2.34. The van der Waals surface area contributed by atoms with Gasteiger partial charge in [-0.25, -0.2) is 0 Å². The minimum Gasteiger partial charge on any atom is -0.414 e. The van der Waals surface area contributed by atoms with Crippen molar-refractivity contribution < 1.29 is 18.8 Å². The van der Waals surface area contributed by atoms with Crippen LogP contribution in [-0.2, 0) is 18.8 Å². The third kappa shape index (κ3) is 3.01. The summed E-state index contributed by atoms with van der Waals surface area (Å²) in [4.78, 5) is 22.0. The molecule has 84 valence electrons. The van der Waals surface area contributed by atoms with E-state index in [0.717, 1.165) is 5.19 Å². The summed E-state index contributed by atoms with van der Waals surface area (Å²) in [6, 6.07) is 9.84. The number of carbonyl (C=O) groups is 2. The molecule has 5 heteroatoms. The van der Waals surface area contributed by atoms with E-state index in [0.29, 0.717) is 0 Å². The molecular formula is C11H12O4Si. The zero-order valence-corrected chi connectivity index (χ0v) is 10.1. The Balaban J connectivity index is 1.86. The van der Waals surface area contributed by atoms with Gasteiger partial charge in [0.15, 0.2) is 9.76 Å². The molecule has 0 aliphatic carbocycles. The fraction of sp³-hybridized carbons (Fsp3) is 0.273. The number of cyclic esters (lactones) is 2. The molecule has 1 aliphatic rings. The number of rotatable bonds is 3. The molecule has 1 heterocycles. The molecule has 1 fully saturated rings. The second-order valence-electron chi connectivity index (χ2n) is 3.67. The van der Waals surface area contributed by atoms with Crippen LogP contribution in [0.1, 0.15) is 12.8 Å². The Morgan fingerprint density at radius 3 is 2.38 bits per heavy atom. The first-order chi connectivity index (χ1) is 7.74. The quantitative estimate of drug-likeness (QED) is 0.409. The molecule has 1 aliphatic heterocycles. The van der Waals surface area contributed by atoms with Gasteiger partial charge in [-0.2, -0.15) is 0 Å². The first-order valence-corrected chi connectivity index (χ1v) is 6.41. The maximum Gasteiger partial charge on any atom is 0.316 e. The lowest BCUT2D eigenvalue weighted by Gasteiger charge is -2.20. The molecule has 0 aromatic heterocycles. The summed E-state index contributed by atoms with van der Waals surface area (Å²) in [7, 11) is -0.862. The normalized spacial score (nSPS) is 18.0. The maximum atomic E-state index is 11.0. The lowest BCUT2D eigenvalue weighted by Crippen LogP contribution is -2.34. The first-order valence-electron chi connectivity index (χ1n) is 5.13. The molecule has 0 radical (unpaired) electrons. The van der Waals surface area contributed by atoms with Crippen LogP contribution >= 0.6 is 0 Å². The summed E-state index contributed by atoms with van der Waals surface area (Å²) in [5, 5.41) is 1.16. The van der Waals surface area contributed by atoms with Crippen LogP contribution in [0, 0.1) is 0 Å². The van der Waals surface area contributed by atoms with Gasteiger partial charge in [0.25, 0.3) is 0 Å². The van der Waals surface area contributed by atoms with Gasteiger partial charge in [-0.05, 0) is 5.19 Å². The van der Waals surface area contributed by atoms with Crippen molar-refractivity contribution in [2.24, 2.45) is 0 Å². The van der Waals surface area contributed by atoms with E-state index in [1.54, 1.807) is 0 Å². The van der Waals surface area contributed by atoms with E-state index in [4.69, 9.17) is 4.43 Å². The molecule has 1 aromatic rings. The topological polar surface area (TPSA) is 52.6 Å². The molecule has 0 amide bonds. The van der Waals surface area contributed by atoms with Crippen molar-refractivity contribution in [3.8, 4) is 0 Å². The third-order valence-corrected chi connectivity index (χ3v) is 3.79. The van der Waals surface area contributed by atoms with E-state index in [1.807, 2.05) is 30.3 Å². The highest BCUT2D eigenvalue weighted by molar-refractivity contribution is 6.46. The van der Waals surface area contributed by atoms with E-state index in [-0.39, 0.29) is 18.9 Å². The Kier molecular flexibility index (Phi) is 3.48. The van der Waals surface area contributed by atoms with Gasteiger partial charge in [-0.1, -0.05) is 30.3 Å².